The molecule has 76 heavy (non-hydrogen) atoms. The predicted octanol–water partition coefficient (Wildman–Crippen LogP) is 6.48. The van der Waals surface area contributed by atoms with Crippen molar-refractivity contribution < 1.29 is 54.3 Å². The van der Waals surface area contributed by atoms with Gasteiger partial charge in [0.1, 0.15) is 34.2 Å². The number of allylic oxidation sites excluding steroid dienone is 3. The molecule has 6 aliphatic rings. The van der Waals surface area contributed by atoms with Gasteiger partial charge in [0.25, 0.3) is 0 Å². The lowest BCUT2D eigenvalue weighted by Gasteiger charge is -2.38. The molecule has 6 aromatic heterocycles. The molecule has 0 atom stereocenters. The molecule has 6 aromatic rings. The van der Waals surface area contributed by atoms with E-state index in [1.54, 1.807) is 43.4 Å². The van der Waals surface area contributed by atoms with Gasteiger partial charge < -0.3 is 49.7 Å². The first kappa shape index (κ1) is 55.6. The quantitative estimate of drug-likeness (QED) is 0.0481. The summed E-state index contributed by atoms with van der Waals surface area (Å²) in [6.07, 6.45) is 17.6. The SMILES string of the molecule is CCCS(=O)(=O)CC1CC(C2=CB(O)Oc3cnc4[nH]ccc4c32)C1.CCCS(=O)(=O)CC1CC(C2=CB(O)Oc3cnc4[nH]ccc4c32)C1.CCCS(=O)(=O)Cl.NC1CC(C2=CB(O)Oc3cnc4[nH]ccc4c32)C1. The second kappa shape index (κ2) is 23.1. The Labute approximate surface area is 448 Å². The van der Waals surface area contributed by atoms with E-state index in [0.717, 1.165) is 105 Å². The third kappa shape index (κ3) is 12.7. The monoisotopic (exact) mass is 1120 g/mol. The van der Waals surface area contributed by atoms with Gasteiger partial charge in [0.15, 0.2) is 19.7 Å². The summed E-state index contributed by atoms with van der Waals surface area (Å²) < 4.78 is 84.5. The molecule has 26 heteroatoms. The number of nitrogens with zero attached hydrogens (tertiary/aromatic N) is 3. The minimum atomic E-state index is -3.20. The minimum Gasteiger partial charge on any atom is -0.531 e. The fourth-order valence-electron chi connectivity index (χ4n) is 11.3. The van der Waals surface area contributed by atoms with Crippen molar-refractivity contribution in [3.8, 4) is 17.2 Å². The van der Waals surface area contributed by atoms with Crippen LogP contribution >= 0.6 is 10.7 Å². The number of halogens is 1. The molecule has 3 fully saturated rings. The van der Waals surface area contributed by atoms with E-state index in [9.17, 15) is 40.3 Å². The molecular formula is C50H63B3ClN7O12S3. The number of fused-ring (bicyclic) bond motifs is 9. The second-order valence-corrected chi connectivity index (χ2v) is 27.9. The number of nitrogens with two attached hydrogens (primary N) is 1. The van der Waals surface area contributed by atoms with Crippen LogP contribution in [0.2, 0.25) is 0 Å². The summed E-state index contributed by atoms with van der Waals surface area (Å²) in [7, 11) is -7.16. The van der Waals surface area contributed by atoms with Crippen LogP contribution < -0.4 is 19.7 Å². The highest BCUT2D eigenvalue weighted by atomic mass is 35.7. The maximum absolute atomic E-state index is 12.0. The molecule has 0 radical (unpaired) electrons. The molecule has 0 bridgehead atoms. The third-order valence-corrected chi connectivity index (χ3v) is 20.0. The fourth-order valence-corrected chi connectivity index (χ4v) is 15.8. The number of aromatic amines is 3. The Balaban J connectivity index is 0.000000132. The first-order valence-corrected chi connectivity index (χ1v) is 32.0. The zero-order chi connectivity index (χ0) is 54.1. The summed E-state index contributed by atoms with van der Waals surface area (Å²) in [6, 6.07) is 6.18. The predicted molar refractivity (Wildman–Crippen MR) is 299 cm³/mol. The summed E-state index contributed by atoms with van der Waals surface area (Å²) in [5, 5.41) is 32.8. The van der Waals surface area contributed by atoms with Crippen LogP contribution in [0.4, 0.5) is 0 Å². The van der Waals surface area contributed by atoms with E-state index in [0.29, 0.717) is 42.4 Å². The first-order chi connectivity index (χ1) is 36.2. The van der Waals surface area contributed by atoms with Gasteiger partial charge in [-0.2, -0.15) is 0 Å². The van der Waals surface area contributed by atoms with Gasteiger partial charge >= 0.3 is 21.4 Å². The smallest absolute Gasteiger partial charge is 0.531 e. The van der Waals surface area contributed by atoms with Crippen LogP contribution in [0.1, 0.15) is 95.2 Å². The standard InChI is InChI=1S/2C17H21BN2O4S.C13H14BN3O2.C3H7ClO2S/c2*1-2-5-25(22,23)10-11-6-12(7-11)14-8-18(21)24-15-9-20-17-13(16(14)15)3-4-19-17;15-8-3-7(4-8)10-5-14(18)19-11-6-17-13-9(12(10)11)1-2-16-13;1-2-3-7(4,5)6/h2*3-4,8-9,11-12,21H,2,5-7,10H2,1H3,(H,19,20);1-2,5-8,18H,3-4,15H2,(H,16,17);2-3H2,1H3. The van der Waals surface area contributed by atoms with E-state index in [1.165, 1.54) is 0 Å². The molecule has 19 nitrogen and oxygen atoms in total. The van der Waals surface area contributed by atoms with Gasteiger partial charge in [-0.05, 0) is 140 Å². The van der Waals surface area contributed by atoms with Crippen molar-refractivity contribution in [1.82, 2.24) is 29.9 Å². The van der Waals surface area contributed by atoms with E-state index >= 15 is 0 Å². The van der Waals surface area contributed by atoms with E-state index in [4.69, 9.17) is 30.4 Å². The fraction of sp³-hybridized carbons (Fsp3) is 0.460. The van der Waals surface area contributed by atoms with Crippen LogP contribution in [-0.4, -0.2) is 126 Å². The van der Waals surface area contributed by atoms with Gasteiger partial charge in [-0.1, -0.05) is 20.8 Å². The Morgan fingerprint density at radius 3 is 1.14 bits per heavy atom. The number of H-pyrrole nitrogens is 3. The number of nitrogens with one attached hydrogen (secondary N) is 3. The Kier molecular flexibility index (Phi) is 16.9. The molecule has 9 heterocycles. The van der Waals surface area contributed by atoms with Gasteiger partial charge in [-0.25, -0.2) is 40.2 Å². The Hall–Kier alpha value is -5.14. The highest BCUT2D eigenvalue weighted by Gasteiger charge is 2.41. The molecule has 404 valence electrons. The molecule has 3 aliphatic carbocycles. The second-order valence-electron chi connectivity index (χ2n) is 20.6. The lowest BCUT2D eigenvalue weighted by molar-refractivity contribution is 0.272. The number of hydrogen-bond donors (Lipinski definition) is 7. The van der Waals surface area contributed by atoms with E-state index < -0.39 is 50.1 Å². The van der Waals surface area contributed by atoms with Crippen molar-refractivity contribution >= 4 is 111 Å². The number of aromatic nitrogens is 6. The largest absolute Gasteiger partial charge is 0.552 e. The van der Waals surface area contributed by atoms with Crippen LogP contribution in [0.15, 0.2) is 73.3 Å². The zero-order valence-electron chi connectivity index (χ0n) is 42.6. The molecule has 12 rings (SSSR count). The van der Waals surface area contributed by atoms with Gasteiger partial charge in [-0.3, -0.25) is 0 Å². The number of hydrogen-bond acceptors (Lipinski definition) is 16. The van der Waals surface area contributed by atoms with Crippen molar-refractivity contribution in [3.63, 3.8) is 0 Å². The van der Waals surface area contributed by atoms with Gasteiger partial charge in [-0.15, -0.1) is 0 Å². The van der Waals surface area contributed by atoms with Crippen LogP contribution in [0.3, 0.4) is 0 Å². The number of sulfone groups is 2. The lowest BCUT2D eigenvalue weighted by atomic mass is 9.66. The van der Waals surface area contributed by atoms with E-state index in [1.807, 2.05) is 50.6 Å². The van der Waals surface area contributed by atoms with Crippen molar-refractivity contribution in [3.05, 3.63) is 90.0 Å². The first-order valence-electron chi connectivity index (χ1n) is 25.9. The van der Waals surface area contributed by atoms with Gasteiger partial charge in [0.05, 0.1) is 35.8 Å². The topological polar surface area (TPSA) is 303 Å². The molecular weight excluding hydrogens is 1050 g/mol. The van der Waals surface area contributed by atoms with Crippen molar-refractivity contribution in [2.75, 3.05) is 28.8 Å². The van der Waals surface area contributed by atoms with Crippen molar-refractivity contribution in [2.24, 2.45) is 35.3 Å². The van der Waals surface area contributed by atoms with Crippen LogP contribution in [0.25, 0.3) is 49.8 Å². The summed E-state index contributed by atoms with van der Waals surface area (Å²) >= 11 is 0. The Morgan fingerprint density at radius 2 is 0.868 bits per heavy atom. The maximum atomic E-state index is 12.0. The Bertz CT molecular complexity index is 3360. The van der Waals surface area contributed by atoms with E-state index in [2.05, 4.69) is 29.9 Å². The molecule has 0 spiro atoms. The maximum Gasteiger partial charge on any atom is 0.552 e. The highest BCUT2D eigenvalue weighted by molar-refractivity contribution is 8.13. The van der Waals surface area contributed by atoms with Crippen molar-refractivity contribution in [2.45, 2.75) is 84.6 Å². The molecule has 3 saturated carbocycles. The van der Waals surface area contributed by atoms with Gasteiger partial charge in [0.2, 0.25) is 9.05 Å². The summed E-state index contributed by atoms with van der Waals surface area (Å²) in [5.41, 5.74) is 14.5. The third-order valence-electron chi connectivity index (χ3n) is 14.7. The summed E-state index contributed by atoms with van der Waals surface area (Å²) in [6.45, 7) is 5.55. The van der Waals surface area contributed by atoms with Crippen molar-refractivity contribution in [1.29, 1.82) is 0 Å². The number of pyridine rings is 3. The molecule has 0 unspecified atom stereocenters. The van der Waals surface area contributed by atoms with Crippen LogP contribution in [-0.2, 0) is 28.7 Å². The minimum absolute atomic E-state index is 0.0779. The molecule has 0 aromatic carbocycles. The average Bonchev–Trinajstić information content (AvgIpc) is 4.12. The summed E-state index contributed by atoms with van der Waals surface area (Å²) in [4.78, 5) is 22.2. The van der Waals surface area contributed by atoms with Crippen LogP contribution in [0.5, 0.6) is 17.2 Å². The summed E-state index contributed by atoms with van der Waals surface area (Å²) in [5.74, 6) is 9.57. The van der Waals surface area contributed by atoms with E-state index in [-0.39, 0.29) is 58.5 Å². The highest BCUT2D eigenvalue weighted by Crippen LogP contribution is 2.50. The van der Waals surface area contributed by atoms with Crippen LogP contribution in [0, 0.1) is 29.6 Å². The van der Waals surface area contributed by atoms with Gasteiger partial charge in [0, 0.05) is 79.7 Å². The molecule has 0 amide bonds. The molecule has 0 saturated heterocycles. The Morgan fingerprint density at radius 1 is 0.553 bits per heavy atom. The zero-order valence-corrected chi connectivity index (χ0v) is 45.8. The lowest BCUT2D eigenvalue weighted by Crippen LogP contribution is -2.38. The molecule has 3 aliphatic heterocycles. The molecule has 8 N–H and O–H groups in total. The number of rotatable bonds is 13. The average molecular weight is 1120 g/mol. The normalized spacial score (nSPS) is 22.6.